The SMILES string of the molecule is CC1C2CC3CC(C2)CC1C3.CI.NC1C2CC3CC(C2)CC1C3. The molecule has 0 aromatic heterocycles. The van der Waals surface area contributed by atoms with Crippen LogP contribution in [-0.4, -0.2) is 11.0 Å². The van der Waals surface area contributed by atoms with Crippen LogP contribution < -0.4 is 5.73 Å². The van der Waals surface area contributed by atoms with Crippen molar-refractivity contribution in [3.05, 3.63) is 0 Å². The van der Waals surface area contributed by atoms with Crippen LogP contribution in [0.25, 0.3) is 0 Å². The zero-order valence-corrected chi connectivity index (χ0v) is 18.0. The molecule has 8 aliphatic rings. The third-order valence-corrected chi connectivity index (χ3v) is 9.00. The highest BCUT2D eigenvalue weighted by atomic mass is 127. The molecule has 0 aromatic carbocycles. The van der Waals surface area contributed by atoms with Gasteiger partial charge in [0.2, 0.25) is 0 Å². The lowest BCUT2D eigenvalue weighted by molar-refractivity contribution is -0.0282. The van der Waals surface area contributed by atoms with Gasteiger partial charge < -0.3 is 5.73 Å². The summed E-state index contributed by atoms with van der Waals surface area (Å²) in [7, 11) is 0. The Bertz CT molecular complexity index is 338. The highest BCUT2D eigenvalue weighted by Crippen LogP contribution is 2.56. The summed E-state index contributed by atoms with van der Waals surface area (Å²) >= 11 is 2.15. The molecule has 0 radical (unpaired) electrons. The van der Waals surface area contributed by atoms with E-state index in [1.807, 2.05) is 4.93 Å². The first-order valence-corrected chi connectivity index (χ1v) is 12.9. The Hall–Kier alpha value is 0.690. The number of hydrogen-bond donors (Lipinski definition) is 1. The minimum atomic E-state index is 0.586. The molecule has 0 unspecified atom stereocenters. The van der Waals surface area contributed by atoms with Crippen LogP contribution in [0.3, 0.4) is 0 Å². The average Bonchev–Trinajstić information content (AvgIpc) is 2.58. The van der Waals surface area contributed by atoms with E-state index in [9.17, 15) is 0 Å². The maximum absolute atomic E-state index is 6.17. The van der Waals surface area contributed by atoms with E-state index in [0.29, 0.717) is 6.04 Å². The zero-order valence-electron chi connectivity index (χ0n) is 15.8. The fourth-order valence-corrected chi connectivity index (χ4v) is 8.16. The van der Waals surface area contributed by atoms with E-state index in [0.717, 1.165) is 53.3 Å². The zero-order chi connectivity index (χ0) is 16.8. The second-order valence-corrected chi connectivity index (χ2v) is 10.3. The van der Waals surface area contributed by atoms with Gasteiger partial charge in [-0.1, -0.05) is 29.5 Å². The molecule has 8 fully saturated rings. The van der Waals surface area contributed by atoms with Crippen molar-refractivity contribution in [3.8, 4) is 0 Å². The molecule has 0 aliphatic heterocycles. The van der Waals surface area contributed by atoms with Crippen LogP contribution >= 0.6 is 22.6 Å². The number of halogens is 1. The predicted octanol–water partition coefficient (Wildman–Crippen LogP) is 5.90. The van der Waals surface area contributed by atoms with E-state index in [1.54, 1.807) is 38.5 Å². The first kappa shape index (κ1) is 18.1. The van der Waals surface area contributed by atoms with Gasteiger partial charge in [-0.25, -0.2) is 0 Å². The minimum Gasteiger partial charge on any atom is -0.327 e. The van der Waals surface area contributed by atoms with Gasteiger partial charge in [0.05, 0.1) is 0 Å². The fourth-order valence-electron chi connectivity index (χ4n) is 8.16. The summed E-state index contributed by atoms with van der Waals surface area (Å²) in [4.78, 5) is 1.97. The van der Waals surface area contributed by atoms with Crippen LogP contribution in [0.15, 0.2) is 0 Å². The number of nitrogens with two attached hydrogens (primary N) is 1. The average molecular weight is 443 g/mol. The van der Waals surface area contributed by atoms with Crippen LogP contribution in [-0.2, 0) is 0 Å². The highest BCUT2D eigenvalue weighted by molar-refractivity contribution is 14.1. The van der Waals surface area contributed by atoms with Crippen molar-refractivity contribution in [2.75, 3.05) is 4.93 Å². The molecule has 8 rings (SSSR count). The molecule has 0 amide bonds. The Morgan fingerprint density at radius 1 is 0.542 bits per heavy atom. The monoisotopic (exact) mass is 443 g/mol. The molecule has 8 bridgehead atoms. The molecule has 0 aromatic rings. The highest BCUT2D eigenvalue weighted by Gasteiger charge is 2.47. The molecule has 1 nitrogen and oxygen atoms in total. The third-order valence-electron chi connectivity index (χ3n) is 9.00. The molecular weight excluding hydrogens is 405 g/mol. The lowest BCUT2D eigenvalue weighted by atomic mass is 9.52. The van der Waals surface area contributed by atoms with E-state index in [1.165, 1.54) is 25.7 Å². The summed E-state index contributed by atoms with van der Waals surface area (Å²) in [5, 5.41) is 0. The van der Waals surface area contributed by atoms with E-state index >= 15 is 0 Å². The van der Waals surface area contributed by atoms with Gasteiger partial charge in [0, 0.05) is 6.04 Å². The molecule has 0 saturated heterocycles. The van der Waals surface area contributed by atoms with Crippen molar-refractivity contribution < 1.29 is 0 Å². The van der Waals surface area contributed by atoms with Gasteiger partial charge in [-0.2, -0.15) is 0 Å². The molecule has 2 N–H and O–H groups in total. The van der Waals surface area contributed by atoms with Crippen LogP contribution in [0.4, 0.5) is 0 Å². The Morgan fingerprint density at radius 3 is 1.17 bits per heavy atom. The van der Waals surface area contributed by atoms with E-state index < -0.39 is 0 Å². The summed E-state index contributed by atoms with van der Waals surface area (Å²) in [6.07, 6.45) is 15.4. The molecule has 8 saturated carbocycles. The molecule has 24 heavy (non-hydrogen) atoms. The summed E-state index contributed by atoms with van der Waals surface area (Å²) < 4.78 is 0. The summed E-state index contributed by atoms with van der Waals surface area (Å²) in [5.41, 5.74) is 6.17. The fraction of sp³-hybridized carbons (Fsp3) is 1.00. The Morgan fingerprint density at radius 2 is 0.833 bits per heavy atom. The van der Waals surface area contributed by atoms with Crippen LogP contribution in [0, 0.1) is 53.3 Å². The minimum absolute atomic E-state index is 0.586. The Labute approximate surface area is 163 Å². The van der Waals surface area contributed by atoms with Crippen LogP contribution in [0.2, 0.25) is 0 Å². The van der Waals surface area contributed by atoms with Gasteiger partial charge in [-0.15, -0.1) is 0 Å². The van der Waals surface area contributed by atoms with Gasteiger partial charge >= 0.3 is 0 Å². The molecule has 0 heterocycles. The Balaban J connectivity index is 0.000000110. The topological polar surface area (TPSA) is 26.0 Å². The van der Waals surface area contributed by atoms with Crippen molar-refractivity contribution in [1.29, 1.82) is 0 Å². The maximum atomic E-state index is 6.17. The Kier molecular flexibility index (Phi) is 5.55. The second kappa shape index (κ2) is 7.37. The first-order chi connectivity index (χ1) is 11.7. The molecule has 2 heteroatoms. The molecular formula is C22H38IN. The van der Waals surface area contributed by atoms with Crippen molar-refractivity contribution in [3.63, 3.8) is 0 Å². The van der Waals surface area contributed by atoms with Crippen molar-refractivity contribution in [2.24, 2.45) is 59.0 Å². The number of hydrogen-bond acceptors (Lipinski definition) is 1. The largest absolute Gasteiger partial charge is 0.327 e. The van der Waals surface area contributed by atoms with Crippen molar-refractivity contribution in [2.45, 2.75) is 77.2 Å². The normalized spacial score (nSPS) is 55.5. The second-order valence-electron chi connectivity index (χ2n) is 10.3. The van der Waals surface area contributed by atoms with E-state index in [4.69, 9.17) is 5.73 Å². The summed E-state index contributed by atoms with van der Waals surface area (Å²) in [6, 6.07) is 0.586. The van der Waals surface area contributed by atoms with Gasteiger partial charge in [-0.05, 0) is 122 Å². The van der Waals surface area contributed by atoms with Gasteiger partial charge in [0.25, 0.3) is 0 Å². The number of alkyl halides is 1. The molecule has 8 aliphatic carbocycles. The van der Waals surface area contributed by atoms with Crippen LogP contribution in [0.1, 0.15) is 71.1 Å². The van der Waals surface area contributed by atoms with Crippen molar-refractivity contribution >= 4 is 22.6 Å². The summed E-state index contributed by atoms with van der Waals surface area (Å²) in [5.74, 6) is 9.70. The van der Waals surface area contributed by atoms with Crippen LogP contribution in [0.5, 0.6) is 0 Å². The molecule has 0 atom stereocenters. The van der Waals surface area contributed by atoms with Gasteiger partial charge in [-0.3, -0.25) is 0 Å². The molecule has 0 spiro atoms. The quantitative estimate of drug-likeness (QED) is 0.366. The first-order valence-electron chi connectivity index (χ1n) is 10.8. The smallest absolute Gasteiger partial charge is 0.00960 e. The van der Waals surface area contributed by atoms with Gasteiger partial charge in [0.15, 0.2) is 0 Å². The summed E-state index contributed by atoms with van der Waals surface area (Å²) in [6.45, 7) is 2.51. The van der Waals surface area contributed by atoms with Crippen molar-refractivity contribution in [1.82, 2.24) is 0 Å². The van der Waals surface area contributed by atoms with Gasteiger partial charge in [0.1, 0.15) is 0 Å². The molecule has 138 valence electrons. The van der Waals surface area contributed by atoms with E-state index in [-0.39, 0.29) is 0 Å². The predicted molar refractivity (Wildman–Crippen MR) is 111 cm³/mol. The standard InChI is InChI=1S/C11H18.C10H17N.CH3I/c1-7-10-3-8-2-9(5-10)6-11(7)4-8;11-10-8-2-6-1-7(4-8)5-9(10)3-6;1-2/h7-11H,2-6H2,1H3;6-10H,1-5,11H2;1H3. The lowest BCUT2D eigenvalue weighted by Crippen LogP contribution is -2.52. The van der Waals surface area contributed by atoms with E-state index in [2.05, 4.69) is 29.5 Å². The number of rotatable bonds is 0. The maximum Gasteiger partial charge on any atom is 0.00960 e. The lowest BCUT2D eigenvalue weighted by Gasteiger charge is -2.53. The third kappa shape index (κ3) is 3.32.